The van der Waals surface area contributed by atoms with E-state index >= 15 is 0 Å². The number of hydrogen-bond donors (Lipinski definition) is 1. The summed E-state index contributed by atoms with van der Waals surface area (Å²) in [5.41, 5.74) is 0. The van der Waals surface area contributed by atoms with Gasteiger partial charge >= 0.3 is 5.97 Å². The highest BCUT2D eigenvalue weighted by Gasteiger charge is 2.33. The topological polar surface area (TPSA) is 57.6 Å². The van der Waals surface area contributed by atoms with E-state index in [1.165, 1.54) is 32.1 Å². The van der Waals surface area contributed by atoms with Crippen LogP contribution in [0.15, 0.2) is 0 Å². The summed E-state index contributed by atoms with van der Waals surface area (Å²) in [4.78, 5) is 24.7. The smallest absolute Gasteiger partial charge is 0.326 e. The molecule has 1 saturated carbocycles. The number of carbonyl (C=O) groups is 2. The zero-order valence-electron chi connectivity index (χ0n) is 10.9. The van der Waals surface area contributed by atoms with E-state index in [1.807, 2.05) is 0 Å². The molecule has 0 aromatic carbocycles. The number of nitrogens with zero attached hydrogens (tertiary/aromatic N) is 1. The van der Waals surface area contributed by atoms with Gasteiger partial charge in [0, 0.05) is 13.0 Å². The fourth-order valence-electron chi connectivity index (χ4n) is 3.27. The summed E-state index contributed by atoms with van der Waals surface area (Å²) in [5, 5.41) is 9.06. The van der Waals surface area contributed by atoms with Crippen LogP contribution in [0.25, 0.3) is 0 Å². The molecular formula is C14H23NO3. The largest absolute Gasteiger partial charge is 0.480 e. The van der Waals surface area contributed by atoms with Crippen molar-refractivity contribution in [2.24, 2.45) is 5.92 Å². The Bertz CT molecular complexity index is 310. The minimum absolute atomic E-state index is 0.0467. The van der Waals surface area contributed by atoms with E-state index in [1.54, 1.807) is 4.90 Å². The second kappa shape index (κ2) is 6.21. The van der Waals surface area contributed by atoms with Crippen molar-refractivity contribution in [2.45, 2.75) is 63.8 Å². The Kier molecular flexibility index (Phi) is 4.61. The summed E-state index contributed by atoms with van der Waals surface area (Å²) < 4.78 is 0. The van der Waals surface area contributed by atoms with Gasteiger partial charge in [0.25, 0.3) is 0 Å². The van der Waals surface area contributed by atoms with E-state index < -0.39 is 12.0 Å². The van der Waals surface area contributed by atoms with Gasteiger partial charge in [-0.15, -0.1) is 0 Å². The fourth-order valence-corrected chi connectivity index (χ4v) is 3.27. The molecule has 0 radical (unpaired) electrons. The van der Waals surface area contributed by atoms with Crippen LogP contribution in [0.1, 0.15) is 57.8 Å². The van der Waals surface area contributed by atoms with Gasteiger partial charge in [-0.3, -0.25) is 4.79 Å². The Labute approximate surface area is 108 Å². The van der Waals surface area contributed by atoms with Crippen molar-refractivity contribution in [3.63, 3.8) is 0 Å². The van der Waals surface area contributed by atoms with Gasteiger partial charge in [-0.2, -0.15) is 0 Å². The van der Waals surface area contributed by atoms with Crippen molar-refractivity contribution in [1.82, 2.24) is 4.90 Å². The molecule has 1 aliphatic heterocycles. The number of likely N-dealkylation sites (tertiary alicyclic amines) is 1. The summed E-state index contributed by atoms with van der Waals surface area (Å²) >= 11 is 0. The van der Waals surface area contributed by atoms with E-state index in [9.17, 15) is 9.59 Å². The third-order valence-corrected chi connectivity index (χ3v) is 4.35. The molecule has 2 aliphatic rings. The number of carboxylic acid groups (broad SMARTS) is 1. The first-order valence-electron chi connectivity index (χ1n) is 7.21. The predicted molar refractivity (Wildman–Crippen MR) is 68.2 cm³/mol. The number of carbonyl (C=O) groups excluding carboxylic acids is 1. The Morgan fingerprint density at radius 1 is 1.06 bits per heavy atom. The van der Waals surface area contributed by atoms with Crippen LogP contribution in [0.5, 0.6) is 0 Å². The first-order valence-corrected chi connectivity index (χ1v) is 7.21. The lowest BCUT2D eigenvalue weighted by Gasteiger charge is -2.24. The van der Waals surface area contributed by atoms with E-state index in [0.717, 1.165) is 12.8 Å². The van der Waals surface area contributed by atoms with Gasteiger partial charge < -0.3 is 10.0 Å². The highest BCUT2D eigenvalue weighted by Crippen LogP contribution is 2.28. The van der Waals surface area contributed by atoms with Gasteiger partial charge in [0.2, 0.25) is 5.91 Å². The third kappa shape index (κ3) is 3.24. The molecule has 1 amide bonds. The van der Waals surface area contributed by atoms with E-state index in [-0.39, 0.29) is 5.91 Å². The monoisotopic (exact) mass is 253 g/mol. The molecule has 0 aromatic rings. The second-order valence-corrected chi connectivity index (χ2v) is 5.63. The van der Waals surface area contributed by atoms with E-state index in [4.69, 9.17) is 5.11 Å². The molecule has 1 heterocycles. The number of hydrogen-bond acceptors (Lipinski definition) is 2. The number of rotatable bonds is 4. The Morgan fingerprint density at radius 3 is 2.44 bits per heavy atom. The van der Waals surface area contributed by atoms with Crippen molar-refractivity contribution in [3.8, 4) is 0 Å². The second-order valence-electron chi connectivity index (χ2n) is 5.63. The Morgan fingerprint density at radius 2 is 1.78 bits per heavy atom. The lowest BCUT2D eigenvalue weighted by atomic mass is 9.86. The lowest BCUT2D eigenvalue weighted by molar-refractivity contribution is -0.148. The molecule has 18 heavy (non-hydrogen) atoms. The molecule has 1 aliphatic carbocycles. The minimum atomic E-state index is -0.849. The van der Waals surface area contributed by atoms with Gasteiger partial charge in [-0.05, 0) is 25.2 Å². The molecule has 0 spiro atoms. The van der Waals surface area contributed by atoms with Gasteiger partial charge in [0.05, 0.1) is 0 Å². The number of carboxylic acids is 1. The first kappa shape index (κ1) is 13.4. The van der Waals surface area contributed by atoms with Crippen LogP contribution in [0.2, 0.25) is 0 Å². The Hall–Kier alpha value is -1.06. The standard InChI is InChI=1S/C14H23NO3/c16-13(9-8-11-5-2-1-3-6-11)15-10-4-7-12(15)14(17)18/h11-12H,1-10H2,(H,17,18). The molecular weight excluding hydrogens is 230 g/mol. The van der Waals surface area contributed by atoms with Crippen LogP contribution in [-0.2, 0) is 9.59 Å². The first-order chi connectivity index (χ1) is 8.68. The molecule has 1 atom stereocenters. The zero-order chi connectivity index (χ0) is 13.0. The molecule has 2 fully saturated rings. The van der Waals surface area contributed by atoms with Crippen LogP contribution in [0, 0.1) is 5.92 Å². The molecule has 2 rings (SSSR count). The normalized spacial score (nSPS) is 25.3. The van der Waals surface area contributed by atoms with Crippen LogP contribution in [0.4, 0.5) is 0 Å². The lowest BCUT2D eigenvalue weighted by Crippen LogP contribution is -2.40. The highest BCUT2D eigenvalue weighted by atomic mass is 16.4. The SMILES string of the molecule is O=C(O)C1CCCN1C(=O)CCC1CCCCC1. The van der Waals surface area contributed by atoms with Crippen molar-refractivity contribution in [3.05, 3.63) is 0 Å². The average Bonchev–Trinajstić information content (AvgIpc) is 2.86. The molecule has 0 bridgehead atoms. The summed E-state index contributed by atoms with van der Waals surface area (Å²) in [6.07, 6.45) is 9.33. The van der Waals surface area contributed by atoms with Gasteiger partial charge in [-0.25, -0.2) is 4.79 Å². The van der Waals surface area contributed by atoms with Crippen LogP contribution >= 0.6 is 0 Å². The maximum absolute atomic E-state index is 12.1. The van der Waals surface area contributed by atoms with Crippen LogP contribution < -0.4 is 0 Å². The summed E-state index contributed by atoms with van der Waals surface area (Å²) in [6.45, 7) is 0.625. The minimum Gasteiger partial charge on any atom is -0.480 e. The molecule has 1 unspecified atom stereocenters. The van der Waals surface area contributed by atoms with Crippen molar-refractivity contribution in [1.29, 1.82) is 0 Å². The van der Waals surface area contributed by atoms with Crippen LogP contribution in [0.3, 0.4) is 0 Å². The molecule has 4 heteroatoms. The van der Waals surface area contributed by atoms with Crippen molar-refractivity contribution < 1.29 is 14.7 Å². The van der Waals surface area contributed by atoms with Gasteiger partial charge in [-0.1, -0.05) is 32.1 Å². The van der Waals surface area contributed by atoms with Crippen molar-refractivity contribution in [2.75, 3.05) is 6.54 Å². The van der Waals surface area contributed by atoms with Crippen molar-refractivity contribution >= 4 is 11.9 Å². The summed E-state index contributed by atoms with van der Waals surface area (Å²) in [6, 6.07) is -0.566. The zero-order valence-corrected chi connectivity index (χ0v) is 10.9. The molecule has 1 saturated heterocycles. The van der Waals surface area contributed by atoms with Crippen LogP contribution in [-0.4, -0.2) is 34.5 Å². The van der Waals surface area contributed by atoms with E-state index in [0.29, 0.717) is 25.3 Å². The average molecular weight is 253 g/mol. The van der Waals surface area contributed by atoms with Gasteiger partial charge in [0.15, 0.2) is 0 Å². The summed E-state index contributed by atoms with van der Waals surface area (Å²) in [5.74, 6) is -0.113. The maximum Gasteiger partial charge on any atom is 0.326 e. The molecule has 4 nitrogen and oxygen atoms in total. The van der Waals surface area contributed by atoms with Gasteiger partial charge in [0.1, 0.15) is 6.04 Å². The Balaban J connectivity index is 1.78. The number of amides is 1. The fraction of sp³-hybridized carbons (Fsp3) is 0.857. The van der Waals surface area contributed by atoms with E-state index in [2.05, 4.69) is 0 Å². The maximum atomic E-state index is 12.1. The highest BCUT2D eigenvalue weighted by molar-refractivity contribution is 5.84. The summed E-state index contributed by atoms with van der Waals surface area (Å²) in [7, 11) is 0. The predicted octanol–water partition coefficient (Wildman–Crippen LogP) is 2.42. The number of aliphatic carboxylic acids is 1. The molecule has 1 N–H and O–H groups in total. The molecule has 102 valence electrons. The quantitative estimate of drug-likeness (QED) is 0.837. The third-order valence-electron chi connectivity index (χ3n) is 4.35. The molecule has 0 aromatic heterocycles.